The Bertz CT molecular complexity index is 1820. The number of nitrogens with one attached hydrogen (secondary N) is 3. The molecule has 1 aliphatic rings. The number of halogens is 3. The number of rotatable bonds is 9. The highest BCUT2D eigenvalue weighted by Gasteiger charge is 2.35. The van der Waals surface area contributed by atoms with Crippen molar-refractivity contribution in [2.75, 3.05) is 20.1 Å². The SMILES string of the molecule is CN1C(=O)[C@H](CCCCN)CC(=O)[C@H](CCCN)NCc2cccc(c2)-c2ccc(C(F)(F)F)cc2CNC(=O)[C@@H]1Cc1c[nH]c2ccccc12. The van der Waals surface area contributed by atoms with Gasteiger partial charge in [-0.1, -0.05) is 48.9 Å². The van der Waals surface area contributed by atoms with Crippen LogP contribution in [0.3, 0.4) is 0 Å². The van der Waals surface area contributed by atoms with Gasteiger partial charge in [-0.05, 0) is 90.9 Å². The van der Waals surface area contributed by atoms with Crippen LogP contribution >= 0.6 is 0 Å². The molecule has 2 heterocycles. The number of fused-ring (bicyclic) bond motifs is 5. The summed E-state index contributed by atoms with van der Waals surface area (Å²) in [6.45, 7) is 0.948. The fourth-order valence-electron chi connectivity index (χ4n) is 6.88. The minimum Gasteiger partial charge on any atom is -0.361 e. The van der Waals surface area contributed by atoms with Crippen molar-refractivity contribution in [2.45, 2.75) is 76.3 Å². The first-order chi connectivity index (χ1) is 24.5. The molecular formula is C39H47F3N6O3. The molecule has 0 radical (unpaired) electrons. The number of H-pyrrole nitrogens is 1. The molecule has 12 heteroatoms. The highest BCUT2D eigenvalue weighted by atomic mass is 19.4. The Morgan fingerprint density at radius 1 is 0.882 bits per heavy atom. The number of aromatic nitrogens is 1. The Labute approximate surface area is 296 Å². The van der Waals surface area contributed by atoms with Gasteiger partial charge in [-0.25, -0.2) is 0 Å². The normalized spacial score (nSPS) is 19.5. The molecule has 0 saturated carbocycles. The van der Waals surface area contributed by atoms with Crippen LogP contribution in [0.25, 0.3) is 22.0 Å². The van der Waals surface area contributed by atoms with E-state index in [0.717, 1.165) is 34.2 Å². The molecule has 5 rings (SSSR count). The molecule has 0 unspecified atom stereocenters. The second-order valence-corrected chi connectivity index (χ2v) is 13.3. The van der Waals surface area contributed by atoms with Crippen molar-refractivity contribution in [3.05, 3.63) is 95.2 Å². The van der Waals surface area contributed by atoms with Gasteiger partial charge in [0.15, 0.2) is 5.78 Å². The third-order valence-corrected chi connectivity index (χ3v) is 9.77. The van der Waals surface area contributed by atoms with Crippen molar-refractivity contribution in [2.24, 2.45) is 17.4 Å². The molecule has 4 aromatic rings. The number of para-hydroxylation sites is 1. The third-order valence-electron chi connectivity index (χ3n) is 9.77. The Morgan fingerprint density at radius 2 is 1.67 bits per heavy atom. The molecule has 2 amide bonds. The molecule has 0 saturated heterocycles. The van der Waals surface area contributed by atoms with E-state index < -0.39 is 35.6 Å². The fourth-order valence-corrected chi connectivity index (χ4v) is 6.88. The first kappa shape index (κ1) is 37.7. The smallest absolute Gasteiger partial charge is 0.361 e. The average Bonchev–Trinajstić information content (AvgIpc) is 3.53. The van der Waals surface area contributed by atoms with E-state index in [-0.39, 0.29) is 36.6 Å². The predicted octanol–water partition coefficient (Wildman–Crippen LogP) is 5.45. The number of aromatic amines is 1. The van der Waals surface area contributed by atoms with Gasteiger partial charge in [-0.2, -0.15) is 13.2 Å². The van der Waals surface area contributed by atoms with Gasteiger partial charge in [-0.15, -0.1) is 0 Å². The second kappa shape index (κ2) is 17.1. The summed E-state index contributed by atoms with van der Waals surface area (Å²) in [4.78, 5) is 47.1. The minimum absolute atomic E-state index is 0.0247. The molecule has 3 atom stereocenters. The molecule has 3 aromatic carbocycles. The van der Waals surface area contributed by atoms with E-state index in [9.17, 15) is 27.6 Å². The Kier molecular flexibility index (Phi) is 12.7. The lowest BCUT2D eigenvalue weighted by atomic mass is 9.90. The monoisotopic (exact) mass is 704 g/mol. The number of alkyl halides is 3. The lowest BCUT2D eigenvalue weighted by Gasteiger charge is -2.31. The van der Waals surface area contributed by atoms with E-state index in [1.165, 1.54) is 11.0 Å². The van der Waals surface area contributed by atoms with Crippen molar-refractivity contribution in [3.8, 4) is 11.1 Å². The maximum absolute atomic E-state index is 14.4. The van der Waals surface area contributed by atoms with Crippen molar-refractivity contribution in [3.63, 3.8) is 0 Å². The fraction of sp³-hybridized carbons (Fsp3) is 0.410. The van der Waals surface area contributed by atoms with E-state index in [1.54, 1.807) is 19.3 Å². The number of ketones is 1. The first-order valence-corrected chi connectivity index (χ1v) is 17.5. The zero-order valence-electron chi connectivity index (χ0n) is 28.9. The van der Waals surface area contributed by atoms with Crippen LogP contribution in [-0.4, -0.2) is 59.7 Å². The summed E-state index contributed by atoms with van der Waals surface area (Å²) in [5.41, 5.74) is 14.7. The molecule has 1 aromatic heterocycles. The van der Waals surface area contributed by atoms with Crippen LogP contribution in [0.4, 0.5) is 13.2 Å². The summed E-state index contributed by atoms with van der Waals surface area (Å²) in [7, 11) is 1.56. The van der Waals surface area contributed by atoms with E-state index in [1.807, 2.05) is 42.5 Å². The zero-order valence-corrected chi connectivity index (χ0v) is 28.9. The quantitative estimate of drug-likeness (QED) is 0.147. The summed E-state index contributed by atoms with van der Waals surface area (Å²) in [5.74, 6) is -1.70. The van der Waals surface area contributed by atoms with E-state index >= 15 is 0 Å². The molecule has 272 valence electrons. The van der Waals surface area contributed by atoms with Gasteiger partial charge in [0.2, 0.25) is 11.8 Å². The number of nitrogens with two attached hydrogens (primary N) is 2. The molecule has 0 spiro atoms. The molecule has 51 heavy (non-hydrogen) atoms. The molecular weight excluding hydrogens is 657 g/mol. The summed E-state index contributed by atoms with van der Waals surface area (Å²) in [6.07, 6.45) is 0.0972. The lowest BCUT2D eigenvalue weighted by molar-refractivity contribution is -0.143. The van der Waals surface area contributed by atoms with Crippen molar-refractivity contribution < 1.29 is 27.6 Å². The van der Waals surface area contributed by atoms with E-state index in [4.69, 9.17) is 11.5 Å². The zero-order chi connectivity index (χ0) is 36.5. The van der Waals surface area contributed by atoms with Crippen molar-refractivity contribution in [1.82, 2.24) is 20.5 Å². The predicted molar refractivity (Wildman–Crippen MR) is 192 cm³/mol. The largest absolute Gasteiger partial charge is 0.416 e. The maximum Gasteiger partial charge on any atom is 0.416 e. The van der Waals surface area contributed by atoms with Gasteiger partial charge < -0.3 is 32.0 Å². The molecule has 1 aliphatic heterocycles. The van der Waals surface area contributed by atoms with Gasteiger partial charge in [0.1, 0.15) is 6.04 Å². The summed E-state index contributed by atoms with van der Waals surface area (Å²) < 4.78 is 41.8. The third kappa shape index (κ3) is 9.43. The van der Waals surface area contributed by atoms with Crippen LogP contribution in [0.1, 0.15) is 60.8 Å². The number of unbranched alkanes of at least 4 members (excludes halogenated alkanes) is 1. The van der Waals surface area contributed by atoms with Crippen LogP contribution in [0.2, 0.25) is 0 Å². The highest BCUT2D eigenvalue weighted by Crippen LogP contribution is 2.34. The number of Topliss-reactive ketones (excluding diaryl/α,β-unsaturated/α-hetero) is 1. The van der Waals surface area contributed by atoms with Gasteiger partial charge in [-0.3, -0.25) is 14.4 Å². The number of hydrogen-bond acceptors (Lipinski definition) is 6. The number of likely N-dealkylation sites (N-methyl/N-ethyl adjacent to an activating group) is 1. The number of amides is 2. The van der Waals surface area contributed by atoms with Crippen LogP contribution in [0.5, 0.6) is 0 Å². The van der Waals surface area contributed by atoms with Gasteiger partial charge >= 0.3 is 6.18 Å². The van der Waals surface area contributed by atoms with Crippen molar-refractivity contribution >= 4 is 28.5 Å². The Hall–Kier alpha value is -4.52. The number of hydrogen-bond donors (Lipinski definition) is 5. The maximum atomic E-state index is 14.4. The summed E-state index contributed by atoms with van der Waals surface area (Å²) in [5, 5.41) is 7.12. The minimum atomic E-state index is -4.59. The van der Waals surface area contributed by atoms with Gasteiger partial charge in [0.25, 0.3) is 0 Å². The topological polar surface area (TPSA) is 146 Å². The average molecular weight is 705 g/mol. The van der Waals surface area contributed by atoms with Crippen molar-refractivity contribution in [1.29, 1.82) is 0 Å². The second-order valence-electron chi connectivity index (χ2n) is 13.3. The van der Waals surface area contributed by atoms with Crippen LogP contribution in [0.15, 0.2) is 72.9 Å². The lowest BCUT2D eigenvalue weighted by Crippen LogP contribution is -2.51. The number of nitrogens with zero attached hydrogens (tertiary/aromatic N) is 1. The number of benzene rings is 3. The molecule has 7 N–H and O–H groups in total. The molecule has 0 fully saturated rings. The number of carbonyl (C=O) groups is 3. The first-order valence-electron chi connectivity index (χ1n) is 17.5. The molecule has 2 bridgehead atoms. The summed E-state index contributed by atoms with van der Waals surface area (Å²) >= 11 is 0. The van der Waals surface area contributed by atoms with E-state index in [0.29, 0.717) is 62.9 Å². The molecule has 9 nitrogen and oxygen atoms in total. The van der Waals surface area contributed by atoms with Crippen LogP contribution in [0, 0.1) is 5.92 Å². The number of carbonyl (C=O) groups excluding carboxylic acids is 3. The van der Waals surface area contributed by atoms with Gasteiger partial charge in [0, 0.05) is 56.0 Å². The van der Waals surface area contributed by atoms with E-state index in [2.05, 4.69) is 15.6 Å². The van der Waals surface area contributed by atoms with Crippen LogP contribution < -0.4 is 22.1 Å². The summed E-state index contributed by atoms with van der Waals surface area (Å²) in [6, 6.07) is 16.9. The Balaban J connectivity index is 1.59. The van der Waals surface area contributed by atoms with Gasteiger partial charge in [0.05, 0.1) is 11.6 Å². The standard InChI is InChI=1S/C39H47F3N6O3/c1-48-35(20-29-23-46-33-12-3-2-11-32(29)33)37(50)47-24-28-19-30(39(40,41)42)14-15-31(28)26-10-6-8-25(18-26)22-45-34(13-7-17-44)36(49)21-27(38(48)51)9-4-5-16-43/h2-3,6,8,10-12,14-15,18-19,23,27,34-35,45-46H,4-5,7,9,13,16-17,20-22,24,43-44H2,1H3,(H,47,50)/t27-,34+,35+/m1/s1. The highest BCUT2D eigenvalue weighted by molar-refractivity contribution is 5.93. The van der Waals surface area contributed by atoms with Crippen LogP contribution in [-0.2, 0) is 40.1 Å². The Morgan fingerprint density at radius 3 is 2.43 bits per heavy atom. The molecule has 0 aliphatic carbocycles.